The average Bonchev–Trinajstić information content (AvgIpc) is 3.49. The molecule has 0 bridgehead atoms. The summed E-state index contributed by atoms with van der Waals surface area (Å²) in [5, 5.41) is -13.3. The van der Waals surface area contributed by atoms with E-state index < -0.39 is 91.6 Å². The quantitative estimate of drug-likeness (QED) is 0.168. The SMILES string of the molecule is CC1(C(F)(F)C=C(F)F)OCCO1.CC1(C=C(F)F)OCCO1.O=S(=O)(F)C(F)(F)C(F)(F)OC(F)(F)F.O=S(=O)(F)C(F)(F)C(F)(F)OC(F)(F)F. The van der Waals surface area contributed by atoms with Gasteiger partial charge in [-0.3, -0.25) is 0 Å². The van der Waals surface area contributed by atoms with Gasteiger partial charge in [-0.15, -0.1) is 26.3 Å². The van der Waals surface area contributed by atoms with Crippen LogP contribution in [0.2, 0.25) is 0 Å². The maximum absolute atomic E-state index is 13.0. The van der Waals surface area contributed by atoms with Crippen LogP contribution >= 0.6 is 0 Å². The summed E-state index contributed by atoms with van der Waals surface area (Å²) in [5.74, 6) is -7.28. The van der Waals surface area contributed by atoms with E-state index in [9.17, 15) is 112 Å². The molecule has 53 heavy (non-hydrogen) atoms. The Morgan fingerprint density at radius 1 is 0.547 bits per heavy atom. The first-order valence-corrected chi connectivity index (χ1v) is 14.6. The highest BCUT2D eigenvalue weighted by Gasteiger charge is 2.72. The Morgan fingerprint density at radius 3 is 1.06 bits per heavy atom. The van der Waals surface area contributed by atoms with Gasteiger partial charge in [0.15, 0.2) is 5.79 Å². The van der Waals surface area contributed by atoms with Crippen LogP contribution < -0.4 is 0 Å². The molecule has 318 valence electrons. The van der Waals surface area contributed by atoms with Crippen LogP contribution in [0, 0.1) is 0 Å². The number of rotatable bonds is 9. The van der Waals surface area contributed by atoms with Crippen molar-refractivity contribution in [2.45, 2.75) is 66.8 Å². The Balaban J connectivity index is 0. The molecule has 0 spiro atoms. The highest BCUT2D eigenvalue weighted by Crippen LogP contribution is 2.45. The summed E-state index contributed by atoms with van der Waals surface area (Å²) in [4.78, 5) is 0. The molecule has 0 N–H and O–H groups in total. The second-order valence-electron chi connectivity index (χ2n) is 8.88. The smallest absolute Gasteiger partial charge is 0.344 e. The Kier molecular flexibility index (Phi) is 17.5. The maximum atomic E-state index is 13.0. The van der Waals surface area contributed by atoms with Gasteiger partial charge < -0.3 is 18.9 Å². The van der Waals surface area contributed by atoms with Crippen LogP contribution in [0.3, 0.4) is 0 Å². The van der Waals surface area contributed by atoms with Crippen LogP contribution in [-0.4, -0.2) is 96.2 Å². The van der Waals surface area contributed by atoms with Crippen molar-refractivity contribution in [1.29, 1.82) is 0 Å². The van der Waals surface area contributed by atoms with E-state index in [0.29, 0.717) is 19.3 Å². The molecule has 2 saturated heterocycles. The van der Waals surface area contributed by atoms with Gasteiger partial charge in [-0.05, 0) is 13.8 Å². The Bertz CT molecular complexity index is 1390. The fraction of sp³-hybridized carbons (Fsp3) is 0.789. The fourth-order valence-corrected chi connectivity index (χ4v) is 3.13. The summed E-state index contributed by atoms with van der Waals surface area (Å²) in [7, 11) is -14.5. The van der Waals surface area contributed by atoms with Gasteiger partial charge in [0.2, 0.25) is 5.79 Å². The number of halogens is 22. The lowest BCUT2D eigenvalue weighted by Crippen LogP contribution is -2.49. The van der Waals surface area contributed by atoms with Gasteiger partial charge in [0.05, 0.1) is 32.5 Å². The Hall–Kier alpha value is -2.40. The second kappa shape index (κ2) is 17.6. The molecule has 0 atom stereocenters. The number of hydrogen-bond acceptors (Lipinski definition) is 10. The second-order valence-corrected chi connectivity index (χ2v) is 11.7. The van der Waals surface area contributed by atoms with E-state index in [1.807, 2.05) is 0 Å². The van der Waals surface area contributed by atoms with Crippen LogP contribution in [0.4, 0.5) is 95.6 Å². The molecule has 2 rings (SSSR count). The monoisotopic (exact) mass is 886 g/mol. The molecule has 2 aliphatic rings. The summed E-state index contributed by atoms with van der Waals surface area (Å²) in [6.07, 6.45) is -29.6. The molecule has 2 aliphatic heterocycles. The predicted octanol–water partition coefficient (Wildman–Crippen LogP) is 7.71. The molecule has 0 unspecified atom stereocenters. The van der Waals surface area contributed by atoms with E-state index in [0.717, 1.165) is 6.92 Å². The third kappa shape index (κ3) is 16.5. The van der Waals surface area contributed by atoms with E-state index in [4.69, 9.17) is 9.47 Å². The largest absolute Gasteiger partial charge is 0.527 e. The molecule has 0 saturated carbocycles. The summed E-state index contributed by atoms with van der Waals surface area (Å²) in [6, 6.07) is 0. The van der Waals surface area contributed by atoms with E-state index in [1.54, 1.807) is 0 Å². The van der Waals surface area contributed by atoms with Crippen molar-refractivity contribution in [1.82, 2.24) is 0 Å². The van der Waals surface area contributed by atoms with Crippen LogP contribution in [0.1, 0.15) is 13.8 Å². The first-order chi connectivity index (χ1) is 22.9. The molecular weight excluding hydrogens is 870 g/mol. The van der Waals surface area contributed by atoms with Gasteiger partial charge in [0.25, 0.3) is 12.2 Å². The lowest BCUT2D eigenvalue weighted by Gasteiger charge is -2.28. The van der Waals surface area contributed by atoms with Gasteiger partial charge in [-0.1, -0.05) is 7.77 Å². The Labute approximate surface area is 279 Å². The van der Waals surface area contributed by atoms with Gasteiger partial charge in [0, 0.05) is 6.08 Å². The van der Waals surface area contributed by atoms with E-state index in [2.05, 4.69) is 9.47 Å². The molecule has 0 aromatic rings. The maximum Gasteiger partial charge on any atom is 0.527 e. The van der Waals surface area contributed by atoms with Crippen molar-refractivity contribution in [3.05, 3.63) is 24.3 Å². The zero-order valence-corrected chi connectivity index (χ0v) is 26.3. The lowest BCUT2D eigenvalue weighted by atomic mass is 10.1. The molecule has 0 amide bonds. The standard InChI is InChI=1S/C7H8F4O2.C6H8F2O2.2C3F8O3S/c1-6(12-2-3-13-6)7(10,11)4-5(8)9;1-6(4-5(7)8)9-2-3-10-6;2*4-1(5,14-3(8,9)10)2(6,7)15(11,12)13/h4H,2-3H2,1H3;4H,2-3H2,1H3;;. The molecule has 0 aliphatic carbocycles. The zero-order valence-electron chi connectivity index (χ0n) is 24.7. The summed E-state index contributed by atoms with van der Waals surface area (Å²) in [6.45, 7) is 3.10. The van der Waals surface area contributed by atoms with Crippen LogP contribution in [0.5, 0.6) is 0 Å². The first kappa shape index (κ1) is 52.7. The molecule has 0 radical (unpaired) electrons. The lowest BCUT2D eigenvalue weighted by molar-refractivity contribution is -0.453. The topological polar surface area (TPSA) is 124 Å². The molecule has 0 aromatic heterocycles. The molecule has 2 fully saturated rings. The minimum atomic E-state index is -7.24. The Morgan fingerprint density at radius 2 is 0.830 bits per heavy atom. The average molecular weight is 886 g/mol. The number of ether oxygens (including phenoxy) is 6. The van der Waals surface area contributed by atoms with Gasteiger partial charge in [-0.2, -0.15) is 78.3 Å². The van der Waals surface area contributed by atoms with E-state index >= 15 is 0 Å². The zero-order chi connectivity index (χ0) is 43.1. The normalized spacial score (nSPS) is 18.3. The molecular formula is C19H16F22O10S2. The number of hydrogen-bond donors (Lipinski definition) is 0. The summed E-state index contributed by atoms with van der Waals surface area (Å²) >= 11 is 0. The third-order valence-electron chi connectivity index (χ3n) is 4.74. The van der Waals surface area contributed by atoms with Crippen LogP contribution in [0.15, 0.2) is 24.3 Å². The molecule has 2 heterocycles. The molecule has 0 aromatic carbocycles. The molecule has 34 heteroatoms. The van der Waals surface area contributed by atoms with Crippen molar-refractivity contribution < 1.29 is 141 Å². The highest BCUT2D eigenvalue weighted by atomic mass is 32.3. The number of alkyl halides is 16. The van der Waals surface area contributed by atoms with Gasteiger partial charge in [-0.25, -0.2) is 9.47 Å². The van der Waals surface area contributed by atoms with Crippen LogP contribution in [0.25, 0.3) is 0 Å². The minimum absolute atomic E-state index is 0.0200. The predicted molar refractivity (Wildman–Crippen MR) is 120 cm³/mol. The van der Waals surface area contributed by atoms with E-state index in [-0.39, 0.29) is 13.2 Å². The molecule has 10 nitrogen and oxygen atoms in total. The van der Waals surface area contributed by atoms with Crippen molar-refractivity contribution in [2.24, 2.45) is 0 Å². The van der Waals surface area contributed by atoms with Crippen molar-refractivity contribution >= 4 is 20.4 Å². The highest BCUT2D eigenvalue weighted by molar-refractivity contribution is 7.87. The first-order valence-electron chi connectivity index (χ1n) is 11.9. The van der Waals surface area contributed by atoms with Crippen molar-refractivity contribution in [2.75, 3.05) is 26.4 Å². The van der Waals surface area contributed by atoms with E-state index in [1.165, 1.54) is 16.4 Å². The summed E-state index contributed by atoms with van der Waals surface area (Å²) in [5.41, 5.74) is 0. The third-order valence-corrected chi connectivity index (χ3v) is 6.44. The van der Waals surface area contributed by atoms with Crippen molar-refractivity contribution in [3.8, 4) is 0 Å². The summed E-state index contributed by atoms with van der Waals surface area (Å²) < 4.78 is 317. The van der Waals surface area contributed by atoms with Gasteiger partial charge in [0.1, 0.15) is 0 Å². The van der Waals surface area contributed by atoms with Gasteiger partial charge >= 0.3 is 61.8 Å². The van der Waals surface area contributed by atoms with Crippen LogP contribution in [-0.2, 0) is 48.9 Å². The minimum Gasteiger partial charge on any atom is -0.344 e. The fourth-order valence-electron chi connectivity index (χ4n) is 2.48. The van der Waals surface area contributed by atoms with Crippen molar-refractivity contribution in [3.63, 3.8) is 0 Å².